The largest absolute Gasteiger partial charge is 0.464 e. The van der Waals surface area contributed by atoms with E-state index >= 15 is 0 Å². The summed E-state index contributed by atoms with van der Waals surface area (Å²) in [5.74, 6) is 0.335. The van der Waals surface area contributed by atoms with Gasteiger partial charge < -0.3 is 23.8 Å². The van der Waals surface area contributed by atoms with Crippen molar-refractivity contribution in [3.63, 3.8) is 0 Å². The van der Waals surface area contributed by atoms with E-state index < -0.39 is 17.7 Å². The van der Waals surface area contributed by atoms with Crippen LogP contribution in [0.15, 0.2) is 41.4 Å². The fourth-order valence-corrected chi connectivity index (χ4v) is 5.88. The zero-order valence-corrected chi connectivity index (χ0v) is 28.1. The average molecular weight is 658 g/mol. The van der Waals surface area contributed by atoms with Crippen LogP contribution in [0, 0.1) is 13.8 Å². The van der Waals surface area contributed by atoms with E-state index in [1.165, 1.54) is 5.56 Å². The highest BCUT2D eigenvalue weighted by atomic mass is 79.9. The third-order valence-electron chi connectivity index (χ3n) is 7.48. The van der Waals surface area contributed by atoms with Crippen LogP contribution in [0.5, 0.6) is 0 Å². The van der Waals surface area contributed by atoms with Gasteiger partial charge in [-0.25, -0.2) is 9.78 Å². The Bertz CT molecular complexity index is 1440. The highest BCUT2D eigenvalue weighted by Crippen LogP contribution is 2.38. The second-order valence-electron chi connectivity index (χ2n) is 12.3. The molecular weight excluding hydrogens is 612 g/mol. The number of hydrogen-bond donors (Lipinski definition) is 0. The van der Waals surface area contributed by atoms with Gasteiger partial charge in [-0.2, -0.15) is 9.61 Å². The van der Waals surface area contributed by atoms with Gasteiger partial charge in [-0.3, -0.25) is 0 Å². The number of halogens is 1. The van der Waals surface area contributed by atoms with Crippen LogP contribution in [-0.4, -0.2) is 58.1 Å². The van der Waals surface area contributed by atoms with E-state index in [0.29, 0.717) is 49.8 Å². The number of aromatic nitrogens is 3. The molecule has 1 fully saturated rings. The van der Waals surface area contributed by atoms with Crippen molar-refractivity contribution in [3.8, 4) is 0 Å². The average Bonchev–Trinajstić information content (AvgIpc) is 3.33. The van der Waals surface area contributed by atoms with Crippen LogP contribution in [0.3, 0.4) is 0 Å². The molecule has 4 rings (SSSR count). The van der Waals surface area contributed by atoms with Crippen LogP contribution < -0.4 is 4.90 Å². The maximum absolute atomic E-state index is 13.4. The lowest BCUT2D eigenvalue weighted by atomic mass is 9.92. The second-order valence-corrected chi connectivity index (χ2v) is 13.2. The standard InChI is InChI=1S/C33H45BrN4O5/c1-9-17-42-33(8)13-15-37(16-14-33)30-28(29(31(39)41-10-2)43-32(5,6)7)23(4)35-27-19-25(36-38(27)30)21-40-20-24-12-11-22(3)18-26(24)34/h9,11-12,18-19,29H,1,10,13-17,20-21H2,2-8H3/t29-/m0/s1. The normalized spacial score (nSPS) is 16.0. The molecule has 3 heterocycles. The molecule has 43 heavy (non-hydrogen) atoms. The maximum Gasteiger partial charge on any atom is 0.340 e. The van der Waals surface area contributed by atoms with Gasteiger partial charge in [0.2, 0.25) is 0 Å². The number of carbonyl (C=O) groups excluding carboxylic acids is 1. The minimum Gasteiger partial charge on any atom is -0.464 e. The summed E-state index contributed by atoms with van der Waals surface area (Å²) in [6, 6.07) is 8.15. The first kappa shape index (κ1) is 33.1. The van der Waals surface area contributed by atoms with Gasteiger partial charge in [0, 0.05) is 29.3 Å². The minimum atomic E-state index is -0.972. The number of carbonyl (C=O) groups is 1. The molecule has 0 N–H and O–H groups in total. The third-order valence-corrected chi connectivity index (χ3v) is 8.21. The summed E-state index contributed by atoms with van der Waals surface area (Å²) < 4.78 is 27.0. The lowest BCUT2D eigenvalue weighted by molar-refractivity contribution is -0.166. The van der Waals surface area contributed by atoms with E-state index in [1.807, 2.05) is 38.3 Å². The lowest BCUT2D eigenvalue weighted by Crippen LogP contribution is -2.45. The Kier molecular flexibility index (Phi) is 10.7. The first-order valence-electron chi connectivity index (χ1n) is 14.9. The number of aryl methyl sites for hydroxylation is 2. The maximum atomic E-state index is 13.4. The highest BCUT2D eigenvalue weighted by Gasteiger charge is 2.38. The van der Waals surface area contributed by atoms with Crippen LogP contribution in [-0.2, 0) is 37.0 Å². The molecule has 1 atom stereocenters. The first-order chi connectivity index (χ1) is 20.3. The number of piperidine rings is 1. The van der Waals surface area contributed by atoms with Crippen molar-refractivity contribution in [1.29, 1.82) is 0 Å². The van der Waals surface area contributed by atoms with E-state index in [1.54, 1.807) is 13.0 Å². The van der Waals surface area contributed by atoms with Gasteiger partial charge in [0.15, 0.2) is 11.8 Å². The SMILES string of the molecule is C=CCOC1(C)CCN(c2c([C@H](OC(C)(C)C)C(=O)OCC)c(C)nc3cc(COCc4ccc(C)cc4Br)nn23)CC1. The molecular formula is C33H45BrN4O5. The molecule has 0 unspecified atom stereocenters. The van der Waals surface area contributed by atoms with E-state index in [-0.39, 0.29) is 12.2 Å². The molecule has 0 amide bonds. The van der Waals surface area contributed by atoms with Crippen molar-refractivity contribution in [2.45, 2.75) is 91.8 Å². The molecule has 1 aromatic carbocycles. The molecule has 1 aliphatic heterocycles. The van der Waals surface area contributed by atoms with Crippen LogP contribution in [0.2, 0.25) is 0 Å². The van der Waals surface area contributed by atoms with Crippen molar-refractivity contribution in [1.82, 2.24) is 14.6 Å². The van der Waals surface area contributed by atoms with E-state index in [4.69, 9.17) is 29.0 Å². The van der Waals surface area contributed by atoms with Gasteiger partial charge in [0.05, 0.1) is 48.9 Å². The topological polar surface area (TPSA) is 87.4 Å². The highest BCUT2D eigenvalue weighted by molar-refractivity contribution is 9.10. The van der Waals surface area contributed by atoms with Crippen LogP contribution in [0.25, 0.3) is 5.65 Å². The van der Waals surface area contributed by atoms with E-state index in [0.717, 1.165) is 34.4 Å². The molecule has 0 bridgehead atoms. The second kappa shape index (κ2) is 13.9. The molecule has 9 nitrogen and oxygen atoms in total. The van der Waals surface area contributed by atoms with E-state index in [2.05, 4.69) is 59.5 Å². The van der Waals surface area contributed by atoms with Crippen LogP contribution >= 0.6 is 15.9 Å². The quantitative estimate of drug-likeness (QED) is 0.155. The molecule has 3 aromatic rings. The number of benzene rings is 1. The van der Waals surface area contributed by atoms with Crippen molar-refractivity contribution >= 4 is 33.4 Å². The first-order valence-corrected chi connectivity index (χ1v) is 15.7. The lowest BCUT2D eigenvalue weighted by Gasteiger charge is -2.41. The number of ether oxygens (including phenoxy) is 4. The number of rotatable bonds is 12. The van der Waals surface area contributed by atoms with Gasteiger partial charge >= 0.3 is 5.97 Å². The fraction of sp³-hybridized carbons (Fsp3) is 0.545. The Balaban J connectivity index is 1.73. The number of fused-ring (bicyclic) bond motifs is 1. The monoisotopic (exact) mass is 656 g/mol. The smallest absolute Gasteiger partial charge is 0.340 e. The molecule has 10 heteroatoms. The Morgan fingerprint density at radius 1 is 1.19 bits per heavy atom. The summed E-state index contributed by atoms with van der Waals surface area (Å²) in [7, 11) is 0. The summed E-state index contributed by atoms with van der Waals surface area (Å²) in [4.78, 5) is 20.6. The zero-order chi connectivity index (χ0) is 31.4. The molecule has 1 saturated heterocycles. The Morgan fingerprint density at radius 2 is 1.91 bits per heavy atom. The number of anilines is 1. The van der Waals surface area contributed by atoms with Crippen molar-refractivity contribution in [2.24, 2.45) is 0 Å². The fourth-order valence-electron chi connectivity index (χ4n) is 5.27. The summed E-state index contributed by atoms with van der Waals surface area (Å²) in [6.45, 7) is 20.4. The summed E-state index contributed by atoms with van der Waals surface area (Å²) in [5, 5.41) is 4.95. The molecule has 2 aromatic heterocycles. The van der Waals surface area contributed by atoms with Gasteiger partial charge in [-0.15, -0.1) is 6.58 Å². The van der Waals surface area contributed by atoms with Crippen molar-refractivity contribution in [3.05, 3.63) is 69.5 Å². The van der Waals surface area contributed by atoms with Gasteiger partial charge in [0.25, 0.3) is 0 Å². The Hall–Kier alpha value is -2.79. The van der Waals surface area contributed by atoms with Crippen molar-refractivity contribution in [2.75, 3.05) is 31.2 Å². The molecule has 0 spiro atoms. The Morgan fingerprint density at radius 3 is 2.53 bits per heavy atom. The minimum absolute atomic E-state index is 0.246. The van der Waals surface area contributed by atoms with E-state index in [9.17, 15) is 4.79 Å². The number of nitrogens with zero attached hydrogens (tertiary/aromatic N) is 4. The summed E-state index contributed by atoms with van der Waals surface area (Å²) in [6.07, 6.45) is 2.41. The predicted octanol–water partition coefficient (Wildman–Crippen LogP) is 6.81. The van der Waals surface area contributed by atoms with Crippen LogP contribution in [0.1, 0.15) is 81.6 Å². The predicted molar refractivity (Wildman–Crippen MR) is 171 cm³/mol. The van der Waals surface area contributed by atoms with Gasteiger partial charge in [-0.05, 0) is 78.5 Å². The summed E-state index contributed by atoms with van der Waals surface area (Å²) >= 11 is 3.63. The summed E-state index contributed by atoms with van der Waals surface area (Å²) in [5.41, 5.74) is 4.16. The molecule has 1 aliphatic rings. The van der Waals surface area contributed by atoms with Gasteiger partial charge in [-0.1, -0.05) is 34.1 Å². The molecule has 0 radical (unpaired) electrons. The number of esters is 1. The zero-order valence-electron chi connectivity index (χ0n) is 26.5. The van der Waals surface area contributed by atoms with Crippen molar-refractivity contribution < 1.29 is 23.7 Å². The van der Waals surface area contributed by atoms with Gasteiger partial charge in [0.1, 0.15) is 5.82 Å². The molecule has 0 aliphatic carbocycles. The molecule has 234 valence electrons. The Labute approximate surface area is 263 Å². The number of hydrogen-bond acceptors (Lipinski definition) is 8. The third kappa shape index (κ3) is 8.23. The van der Waals surface area contributed by atoms with Crippen LogP contribution in [0.4, 0.5) is 5.82 Å². The molecule has 0 saturated carbocycles.